The van der Waals surface area contributed by atoms with Gasteiger partial charge < -0.3 is 15.0 Å². The highest BCUT2D eigenvalue weighted by molar-refractivity contribution is 6.30. The molecule has 5 nitrogen and oxygen atoms in total. The number of nitrogens with one attached hydrogen (secondary N) is 1. The first-order valence-corrected chi connectivity index (χ1v) is 10.6. The van der Waals surface area contributed by atoms with Crippen LogP contribution < -0.4 is 5.32 Å². The summed E-state index contributed by atoms with van der Waals surface area (Å²) in [5.74, 6) is 0.872. The molecule has 6 heteroatoms. The molecule has 1 spiro atoms. The molecule has 1 aromatic rings. The summed E-state index contributed by atoms with van der Waals surface area (Å²) in [6.45, 7) is 2.06. The van der Waals surface area contributed by atoms with Crippen LogP contribution in [0.4, 0.5) is 0 Å². The number of hydrogen-bond acceptors (Lipinski definition) is 3. The van der Waals surface area contributed by atoms with E-state index in [4.69, 9.17) is 16.3 Å². The number of ether oxygens (including phenoxy) is 1. The molecule has 1 aromatic carbocycles. The van der Waals surface area contributed by atoms with Gasteiger partial charge in [0.1, 0.15) is 0 Å². The van der Waals surface area contributed by atoms with Gasteiger partial charge in [-0.05, 0) is 49.9 Å². The van der Waals surface area contributed by atoms with Gasteiger partial charge in [0, 0.05) is 41.4 Å². The molecule has 4 atom stereocenters. The minimum atomic E-state index is -0.192. The molecule has 4 aliphatic rings. The highest BCUT2D eigenvalue weighted by Crippen LogP contribution is 2.54. The summed E-state index contributed by atoms with van der Waals surface area (Å²) in [5, 5.41) is 3.70. The number of allylic oxidation sites excluding steroid dienone is 2. The van der Waals surface area contributed by atoms with Crippen LogP contribution in [-0.2, 0) is 9.53 Å². The lowest BCUT2D eigenvalue weighted by molar-refractivity contribution is -0.135. The first kappa shape index (κ1) is 18.2. The van der Waals surface area contributed by atoms with Crippen molar-refractivity contribution in [2.24, 2.45) is 17.8 Å². The number of carbonyl (C=O) groups is 2. The molecule has 2 amide bonds. The largest absolute Gasteiger partial charge is 0.369 e. The van der Waals surface area contributed by atoms with Gasteiger partial charge >= 0.3 is 0 Å². The third kappa shape index (κ3) is 2.96. The average molecular weight is 401 g/mol. The number of fused-ring (bicyclic) bond motifs is 1. The van der Waals surface area contributed by atoms with E-state index in [0.29, 0.717) is 29.6 Å². The third-order valence-electron chi connectivity index (χ3n) is 7.06. The fourth-order valence-electron chi connectivity index (χ4n) is 5.62. The third-order valence-corrected chi connectivity index (χ3v) is 7.31. The van der Waals surface area contributed by atoms with Crippen molar-refractivity contribution in [1.82, 2.24) is 10.2 Å². The van der Waals surface area contributed by atoms with Gasteiger partial charge in [-0.25, -0.2) is 0 Å². The summed E-state index contributed by atoms with van der Waals surface area (Å²) < 4.78 is 6.41. The Kier molecular flexibility index (Phi) is 4.48. The average Bonchev–Trinajstić information content (AvgIpc) is 3.46. The molecular weight excluding hydrogens is 376 g/mol. The molecule has 3 saturated heterocycles. The summed E-state index contributed by atoms with van der Waals surface area (Å²) >= 11 is 5.90. The van der Waals surface area contributed by atoms with Crippen molar-refractivity contribution in [2.75, 3.05) is 19.6 Å². The van der Waals surface area contributed by atoms with Gasteiger partial charge in [0.15, 0.2) is 0 Å². The number of carbonyl (C=O) groups excluding carboxylic acids is 2. The Morgan fingerprint density at radius 1 is 1.21 bits per heavy atom. The van der Waals surface area contributed by atoms with Crippen molar-refractivity contribution in [3.63, 3.8) is 0 Å². The molecule has 2 bridgehead atoms. The van der Waals surface area contributed by atoms with Crippen molar-refractivity contribution < 1.29 is 14.3 Å². The molecule has 28 heavy (non-hydrogen) atoms. The lowest BCUT2D eigenvalue weighted by Gasteiger charge is -2.29. The highest BCUT2D eigenvalue weighted by Gasteiger charge is 2.63. The molecule has 3 aliphatic heterocycles. The van der Waals surface area contributed by atoms with Gasteiger partial charge in [0.05, 0.1) is 18.2 Å². The summed E-state index contributed by atoms with van der Waals surface area (Å²) in [6.07, 6.45) is 8.17. The zero-order valence-electron chi connectivity index (χ0n) is 15.8. The highest BCUT2D eigenvalue weighted by atomic mass is 35.5. The number of nitrogens with zero attached hydrogens (tertiary/aromatic N) is 1. The molecule has 0 aromatic heterocycles. The van der Waals surface area contributed by atoms with E-state index in [0.717, 1.165) is 32.2 Å². The van der Waals surface area contributed by atoms with E-state index in [1.165, 1.54) is 0 Å². The maximum absolute atomic E-state index is 12.9. The predicted molar refractivity (Wildman–Crippen MR) is 106 cm³/mol. The summed E-state index contributed by atoms with van der Waals surface area (Å²) in [5.41, 5.74) is 0.419. The Balaban J connectivity index is 1.24. The number of likely N-dealkylation sites (tertiary alicyclic amines) is 1. The Morgan fingerprint density at radius 2 is 1.96 bits per heavy atom. The van der Waals surface area contributed by atoms with Crippen molar-refractivity contribution in [3.05, 3.63) is 47.0 Å². The van der Waals surface area contributed by atoms with Crippen LogP contribution >= 0.6 is 11.6 Å². The van der Waals surface area contributed by atoms with E-state index in [-0.39, 0.29) is 35.4 Å². The quantitative estimate of drug-likeness (QED) is 0.790. The van der Waals surface area contributed by atoms with E-state index in [2.05, 4.69) is 17.5 Å². The zero-order chi connectivity index (χ0) is 19.3. The standard InChI is InChI=1S/C22H25ClN2O3/c23-16-7-5-14(6-8-16)20(26)24-11-17-18-12-25(21(27)15-3-1-2-4-15)13-22(18)10-9-19(17)28-22/h1-2,5-8,15,17-19H,3-4,9-13H2,(H,24,26)/t17-,18+,19+,22+/m0/s1. The van der Waals surface area contributed by atoms with Crippen LogP contribution in [0.15, 0.2) is 36.4 Å². The van der Waals surface area contributed by atoms with Crippen LogP contribution in [-0.4, -0.2) is 48.1 Å². The summed E-state index contributed by atoms with van der Waals surface area (Å²) in [4.78, 5) is 27.4. The van der Waals surface area contributed by atoms with Crippen molar-refractivity contribution in [3.8, 4) is 0 Å². The van der Waals surface area contributed by atoms with Crippen molar-refractivity contribution in [2.45, 2.75) is 37.4 Å². The van der Waals surface area contributed by atoms with Crippen LogP contribution in [0.25, 0.3) is 0 Å². The molecule has 3 heterocycles. The smallest absolute Gasteiger partial charge is 0.251 e. The molecule has 1 N–H and O–H groups in total. The molecule has 0 unspecified atom stereocenters. The number of amides is 2. The van der Waals surface area contributed by atoms with Gasteiger partial charge in [-0.3, -0.25) is 9.59 Å². The lowest BCUT2D eigenvalue weighted by Crippen LogP contribution is -2.41. The van der Waals surface area contributed by atoms with Gasteiger partial charge in [-0.2, -0.15) is 0 Å². The van der Waals surface area contributed by atoms with Crippen molar-refractivity contribution >= 4 is 23.4 Å². The second-order valence-electron chi connectivity index (χ2n) is 8.61. The van der Waals surface area contributed by atoms with Crippen molar-refractivity contribution in [1.29, 1.82) is 0 Å². The summed E-state index contributed by atoms with van der Waals surface area (Å²) in [6, 6.07) is 6.93. The van der Waals surface area contributed by atoms with E-state index in [1.807, 2.05) is 4.90 Å². The zero-order valence-corrected chi connectivity index (χ0v) is 16.5. The van der Waals surface area contributed by atoms with Crippen LogP contribution in [0.5, 0.6) is 0 Å². The fourth-order valence-corrected chi connectivity index (χ4v) is 5.75. The molecule has 0 saturated carbocycles. The lowest BCUT2D eigenvalue weighted by atomic mass is 9.73. The molecule has 3 fully saturated rings. The Bertz CT molecular complexity index is 816. The van der Waals surface area contributed by atoms with E-state index >= 15 is 0 Å². The SMILES string of the molecule is O=C(NC[C@H]1[C@H]2CN(C(=O)C3CC=CC3)C[C@]23CC[C@H]1O3)c1ccc(Cl)cc1. The van der Waals surface area contributed by atoms with Crippen LogP contribution in [0.3, 0.4) is 0 Å². The van der Waals surface area contributed by atoms with Gasteiger partial charge in [-0.15, -0.1) is 0 Å². The molecule has 5 rings (SSSR count). The Labute approximate surface area is 170 Å². The maximum Gasteiger partial charge on any atom is 0.251 e. The number of halogens is 1. The van der Waals surface area contributed by atoms with Gasteiger partial charge in [0.25, 0.3) is 5.91 Å². The topological polar surface area (TPSA) is 58.6 Å². The van der Waals surface area contributed by atoms with E-state index in [1.54, 1.807) is 24.3 Å². The van der Waals surface area contributed by atoms with Crippen LogP contribution in [0, 0.1) is 17.8 Å². The number of benzene rings is 1. The molecular formula is C22H25ClN2O3. The molecule has 1 aliphatic carbocycles. The number of hydrogen-bond donors (Lipinski definition) is 1. The normalized spacial score (nSPS) is 33.5. The second-order valence-corrected chi connectivity index (χ2v) is 9.04. The predicted octanol–water partition coefficient (Wildman–Crippen LogP) is 3.04. The first-order chi connectivity index (χ1) is 13.6. The van der Waals surface area contributed by atoms with Gasteiger partial charge in [0.2, 0.25) is 5.91 Å². The van der Waals surface area contributed by atoms with Gasteiger partial charge in [-0.1, -0.05) is 23.8 Å². The van der Waals surface area contributed by atoms with E-state index in [9.17, 15) is 9.59 Å². The van der Waals surface area contributed by atoms with Crippen LogP contribution in [0.2, 0.25) is 5.02 Å². The monoisotopic (exact) mass is 400 g/mol. The summed E-state index contributed by atoms with van der Waals surface area (Å²) in [7, 11) is 0. The Hall–Kier alpha value is -1.85. The van der Waals surface area contributed by atoms with E-state index < -0.39 is 0 Å². The second kappa shape index (κ2) is 6.89. The molecule has 148 valence electrons. The van der Waals surface area contributed by atoms with Crippen LogP contribution in [0.1, 0.15) is 36.0 Å². The minimum absolute atomic E-state index is 0.0866. The molecule has 0 radical (unpaired) electrons. The number of rotatable bonds is 4. The maximum atomic E-state index is 12.9. The minimum Gasteiger partial charge on any atom is -0.369 e. The Morgan fingerprint density at radius 3 is 2.71 bits per heavy atom. The fraction of sp³-hybridized carbons (Fsp3) is 0.545. The first-order valence-electron chi connectivity index (χ1n) is 10.2.